The summed E-state index contributed by atoms with van der Waals surface area (Å²) in [6.07, 6.45) is 2.95. The number of halogens is 2. The summed E-state index contributed by atoms with van der Waals surface area (Å²) in [5.74, 6) is -0.379. The van der Waals surface area contributed by atoms with E-state index >= 15 is 0 Å². The van der Waals surface area contributed by atoms with Crippen molar-refractivity contribution in [3.8, 4) is 0 Å². The Morgan fingerprint density at radius 2 is 2.16 bits per heavy atom. The fourth-order valence-electron chi connectivity index (χ4n) is 2.00. The van der Waals surface area contributed by atoms with Crippen LogP contribution in [-0.4, -0.2) is 14.7 Å². The van der Waals surface area contributed by atoms with Gasteiger partial charge in [0.1, 0.15) is 5.82 Å². The molecule has 0 saturated carbocycles. The van der Waals surface area contributed by atoms with Crippen LogP contribution in [0.1, 0.15) is 37.3 Å². The van der Waals surface area contributed by atoms with Crippen LogP contribution in [0.25, 0.3) is 0 Å². The monoisotopic (exact) mass is 282 g/mol. The van der Waals surface area contributed by atoms with Gasteiger partial charge in [-0.05, 0) is 31.5 Å². The second kappa shape index (κ2) is 5.72. The molecule has 19 heavy (non-hydrogen) atoms. The van der Waals surface area contributed by atoms with E-state index < -0.39 is 6.10 Å². The Bertz CT molecular complexity index is 568. The third kappa shape index (κ3) is 3.14. The highest BCUT2D eigenvalue weighted by Gasteiger charge is 2.16. The van der Waals surface area contributed by atoms with Gasteiger partial charge < -0.3 is 9.67 Å². The lowest BCUT2D eigenvalue weighted by atomic mass is 10.1. The van der Waals surface area contributed by atoms with Gasteiger partial charge in [-0.2, -0.15) is 0 Å². The molecule has 0 aliphatic heterocycles. The number of rotatable bonds is 4. The summed E-state index contributed by atoms with van der Waals surface area (Å²) in [7, 11) is 0. The molecule has 1 unspecified atom stereocenters. The molecule has 1 heterocycles. The first-order valence-corrected chi connectivity index (χ1v) is 6.50. The highest BCUT2D eigenvalue weighted by Crippen LogP contribution is 2.25. The summed E-state index contributed by atoms with van der Waals surface area (Å²) in [6.45, 7) is 4.03. The maximum atomic E-state index is 13.0. The van der Waals surface area contributed by atoms with Gasteiger partial charge in [0.2, 0.25) is 0 Å². The third-order valence-corrected chi connectivity index (χ3v) is 3.37. The van der Waals surface area contributed by atoms with Crippen molar-refractivity contribution in [1.29, 1.82) is 0 Å². The van der Waals surface area contributed by atoms with Crippen molar-refractivity contribution < 1.29 is 9.50 Å². The maximum Gasteiger partial charge on any atom is 0.124 e. The van der Waals surface area contributed by atoms with Crippen LogP contribution in [0.5, 0.6) is 0 Å². The molecule has 3 nitrogen and oxygen atoms in total. The highest BCUT2D eigenvalue weighted by molar-refractivity contribution is 6.31. The molecule has 0 spiro atoms. The van der Waals surface area contributed by atoms with Crippen LogP contribution in [0.4, 0.5) is 4.39 Å². The van der Waals surface area contributed by atoms with Gasteiger partial charge in [-0.15, -0.1) is 0 Å². The molecule has 0 aliphatic carbocycles. The van der Waals surface area contributed by atoms with E-state index in [1.54, 1.807) is 18.6 Å². The normalized spacial score (nSPS) is 12.9. The molecule has 0 saturated heterocycles. The van der Waals surface area contributed by atoms with Crippen LogP contribution in [-0.2, 0) is 6.42 Å². The van der Waals surface area contributed by atoms with Crippen molar-refractivity contribution in [3.63, 3.8) is 0 Å². The second-order valence-electron chi connectivity index (χ2n) is 4.78. The number of aromatic nitrogens is 2. The van der Waals surface area contributed by atoms with E-state index in [0.29, 0.717) is 17.0 Å². The molecule has 0 aliphatic rings. The van der Waals surface area contributed by atoms with E-state index in [-0.39, 0.29) is 11.9 Å². The van der Waals surface area contributed by atoms with Crippen molar-refractivity contribution in [3.05, 3.63) is 52.8 Å². The average Bonchev–Trinajstić information content (AvgIpc) is 2.82. The Labute approximate surface area is 116 Å². The van der Waals surface area contributed by atoms with Gasteiger partial charge in [0, 0.05) is 17.5 Å². The largest absolute Gasteiger partial charge is 0.386 e. The Kier molecular flexibility index (Phi) is 4.22. The minimum absolute atomic E-state index is 0.218. The number of aliphatic hydroxyl groups excluding tert-OH is 1. The van der Waals surface area contributed by atoms with Gasteiger partial charge in [-0.25, -0.2) is 9.37 Å². The molecule has 1 N–H and O–H groups in total. The van der Waals surface area contributed by atoms with Gasteiger partial charge in [0.25, 0.3) is 0 Å². The lowest BCUT2D eigenvalue weighted by Crippen LogP contribution is -2.11. The zero-order valence-corrected chi connectivity index (χ0v) is 11.6. The number of aliphatic hydroxyl groups is 1. The predicted octanol–water partition coefficient (Wildman–Crippen LogP) is 3.53. The molecular weight excluding hydrogens is 267 g/mol. The summed E-state index contributed by atoms with van der Waals surface area (Å²) >= 11 is 5.96. The van der Waals surface area contributed by atoms with Crippen molar-refractivity contribution in [2.75, 3.05) is 0 Å². The van der Waals surface area contributed by atoms with E-state index in [1.807, 2.05) is 18.4 Å². The van der Waals surface area contributed by atoms with Crippen molar-refractivity contribution in [2.45, 2.75) is 32.4 Å². The molecule has 0 radical (unpaired) electrons. The average molecular weight is 283 g/mol. The van der Waals surface area contributed by atoms with Gasteiger partial charge in [0.05, 0.1) is 24.3 Å². The zero-order chi connectivity index (χ0) is 14.0. The smallest absolute Gasteiger partial charge is 0.124 e. The molecule has 1 aromatic heterocycles. The van der Waals surface area contributed by atoms with Gasteiger partial charge in [0.15, 0.2) is 0 Å². The van der Waals surface area contributed by atoms with Crippen LogP contribution in [0.2, 0.25) is 5.02 Å². The number of hydrogen-bond donors (Lipinski definition) is 1. The molecule has 1 aromatic carbocycles. The first-order chi connectivity index (χ1) is 8.99. The SMILES string of the molecule is CC(C)n1cncc1C(O)Cc1ccc(F)cc1Cl. The van der Waals surface area contributed by atoms with E-state index in [0.717, 1.165) is 5.69 Å². The molecular formula is C14H16ClFN2O. The molecule has 5 heteroatoms. The summed E-state index contributed by atoms with van der Waals surface area (Å²) in [5, 5.41) is 10.6. The van der Waals surface area contributed by atoms with Gasteiger partial charge in [-0.3, -0.25) is 0 Å². The zero-order valence-electron chi connectivity index (χ0n) is 10.8. The molecule has 0 bridgehead atoms. The minimum atomic E-state index is -0.715. The Morgan fingerprint density at radius 1 is 1.42 bits per heavy atom. The summed E-state index contributed by atoms with van der Waals surface area (Å²) in [4.78, 5) is 4.05. The molecule has 2 rings (SSSR count). The number of benzene rings is 1. The molecule has 0 amide bonds. The molecule has 0 fully saturated rings. The quantitative estimate of drug-likeness (QED) is 0.931. The summed E-state index contributed by atoms with van der Waals surface area (Å²) in [5.41, 5.74) is 1.45. The Morgan fingerprint density at radius 3 is 2.79 bits per heavy atom. The fraction of sp³-hybridized carbons (Fsp3) is 0.357. The fourth-order valence-corrected chi connectivity index (χ4v) is 2.25. The van der Waals surface area contributed by atoms with Crippen LogP contribution < -0.4 is 0 Å². The van der Waals surface area contributed by atoms with Gasteiger partial charge >= 0.3 is 0 Å². The molecule has 102 valence electrons. The van der Waals surface area contributed by atoms with Crippen LogP contribution in [0, 0.1) is 5.82 Å². The van der Waals surface area contributed by atoms with Crippen molar-refractivity contribution >= 4 is 11.6 Å². The lowest BCUT2D eigenvalue weighted by Gasteiger charge is -2.17. The van der Waals surface area contributed by atoms with Gasteiger partial charge in [-0.1, -0.05) is 17.7 Å². The number of nitrogens with zero attached hydrogens (tertiary/aromatic N) is 2. The molecule has 2 aromatic rings. The second-order valence-corrected chi connectivity index (χ2v) is 5.18. The van der Waals surface area contributed by atoms with Crippen molar-refractivity contribution in [1.82, 2.24) is 9.55 Å². The van der Waals surface area contributed by atoms with E-state index in [4.69, 9.17) is 11.6 Å². The Hall–Kier alpha value is -1.39. The van der Waals surface area contributed by atoms with Crippen LogP contribution in [0.15, 0.2) is 30.7 Å². The number of hydrogen-bond acceptors (Lipinski definition) is 2. The first-order valence-electron chi connectivity index (χ1n) is 6.12. The third-order valence-electron chi connectivity index (χ3n) is 3.02. The van der Waals surface area contributed by atoms with E-state index in [1.165, 1.54) is 12.1 Å². The van der Waals surface area contributed by atoms with E-state index in [2.05, 4.69) is 4.98 Å². The first kappa shape index (κ1) is 14.0. The molecule has 1 atom stereocenters. The standard InChI is InChI=1S/C14H16ClFN2O/c1-9(2)18-8-17-7-13(18)14(19)5-10-3-4-11(16)6-12(10)15/h3-4,6-9,14,19H,5H2,1-2H3. The van der Waals surface area contributed by atoms with E-state index in [9.17, 15) is 9.50 Å². The van der Waals surface area contributed by atoms with Crippen LogP contribution in [0.3, 0.4) is 0 Å². The lowest BCUT2D eigenvalue weighted by molar-refractivity contribution is 0.167. The minimum Gasteiger partial charge on any atom is -0.386 e. The topological polar surface area (TPSA) is 38.0 Å². The summed E-state index contributed by atoms with van der Waals surface area (Å²) in [6, 6.07) is 4.41. The summed E-state index contributed by atoms with van der Waals surface area (Å²) < 4.78 is 14.9. The highest BCUT2D eigenvalue weighted by atomic mass is 35.5. The predicted molar refractivity (Wildman–Crippen MR) is 72.7 cm³/mol. The number of imidazole rings is 1. The van der Waals surface area contributed by atoms with Crippen molar-refractivity contribution in [2.24, 2.45) is 0 Å². The Balaban J connectivity index is 2.21. The van der Waals surface area contributed by atoms with Crippen LogP contribution >= 0.6 is 11.6 Å². The maximum absolute atomic E-state index is 13.0.